The van der Waals surface area contributed by atoms with Gasteiger partial charge in [-0.1, -0.05) is 36.4 Å². The van der Waals surface area contributed by atoms with Gasteiger partial charge in [-0.15, -0.1) is 0 Å². The Morgan fingerprint density at radius 1 is 1.05 bits per heavy atom. The summed E-state index contributed by atoms with van der Waals surface area (Å²) in [5, 5.41) is 4.35. The quantitative estimate of drug-likeness (QED) is 0.667. The van der Waals surface area contributed by atoms with Gasteiger partial charge in [0.1, 0.15) is 5.71 Å². The smallest absolute Gasteiger partial charge is 0.209 e. The summed E-state index contributed by atoms with van der Waals surface area (Å²) in [4.78, 5) is 12.6. The third-order valence-electron chi connectivity index (χ3n) is 3.72. The molecule has 0 fully saturated rings. The highest BCUT2D eigenvalue weighted by Gasteiger charge is 2.20. The zero-order chi connectivity index (χ0) is 14.7. The first-order valence-electron chi connectivity index (χ1n) is 7.26. The summed E-state index contributed by atoms with van der Waals surface area (Å²) in [6, 6.07) is 15.8. The molecule has 1 N–H and O–H groups in total. The Morgan fingerprint density at radius 2 is 1.90 bits per heavy atom. The number of carbonyl (C=O) groups is 1. The molecule has 21 heavy (non-hydrogen) atoms. The van der Waals surface area contributed by atoms with E-state index in [0.717, 1.165) is 35.2 Å². The van der Waals surface area contributed by atoms with E-state index in [2.05, 4.69) is 10.5 Å². The van der Waals surface area contributed by atoms with Crippen molar-refractivity contribution in [3.8, 4) is 0 Å². The van der Waals surface area contributed by atoms with E-state index in [-0.39, 0.29) is 5.78 Å². The zero-order valence-corrected chi connectivity index (χ0v) is 12.1. The first-order chi connectivity index (χ1) is 10.2. The Balaban J connectivity index is 1.85. The number of carbonyl (C=O) groups excluding carboxylic acids is 1. The Bertz CT molecular complexity index is 704. The van der Waals surface area contributed by atoms with Gasteiger partial charge in [-0.2, -0.15) is 5.10 Å². The van der Waals surface area contributed by atoms with E-state index >= 15 is 0 Å². The fourth-order valence-electron chi connectivity index (χ4n) is 2.63. The third-order valence-corrected chi connectivity index (χ3v) is 3.72. The lowest BCUT2D eigenvalue weighted by Crippen LogP contribution is -2.15. The average molecular weight is 278 g/mol. The summed E-state index contributed by atoms with van der Waals surface area (Å²) < 4.78 is 0. The van der Waals surface area contributed by atoms with E-state index in [1.165, 1.54) is 0 Å². The van der Waals surface area contributed by atoms with Gasteiger partial charge in [-0.05, 0) is 49.4 Å². The Morgan fingerprint density at radius 3 is 2.76 bits per heavy atom. The first-order valence-corrected chi connectivity index (χ1v) is 7.26. The van der Waals surface area contributed by atoms with E-state index in [9.17, 15) is 4.79 Å². The molecule has 1 aliphatic rings. The second kappa shape index (κ2) is 5.92. The number of ketones is 1. The highest BCUT2D eigenvalue weighted by atomic mass is 16.1. The minimum atomic E-state index is 0.0447. The molecule has 0 atom stereocenters. The molecule has 0 aromatic heterocycles. The zero-order valence-electron chi connectivity index (χ0n) is 12.1. The third kappa shape index (κ3) is 3.02. The maximum absolute atomic E-state index is 12.6. The number of nitrogens with one attached hydrogen (secondary N) is 1. The van der Waals surface area contributed by atoms with Crippen molar-refractivity contribution >= 4 is 17.2 Å². The van der Waals surface area contributed by atoms with Gasteiger partial charge in [0.25, 0.3) is 0 Å². The molecule has 106 valence electrons. The summed E-state index contributed by atoms with van der Waals surface area (Å²) in [6.07, 6.45) is 2.61. The second-order valence-electron chi connectivity index (χ2n) is 5.38. The van der Waals surface area contributed by atoms with E-state index in [4.69, 9.17) is 0 Å². The maximum atomic E-state index is 12.6. The lowest BCUT2D eigenvalue weighted by molar-refractivity contribution is 0.106. The van der Waals surface area contributed by atoms with Gasteiger partial charge in [0, 0.05) is 5.56 Å². The number of Topliss-reactive ketones (excluding diaryl/α,β-unsaturated/α-hetero) is 1. The molecule has 3 rings (SSSR count). The number of benzene rings is 2. The Kier molecular flexibility index (Phi) is 3.82. The summed E-state index contributed by atoms with van der Waals surface area (Å²) in [5.74, 6) is 0.0447. The number of anilines is 1. The summed E-state index contributed by atoms with van der Waals surface area (Å²) >= 11 is 0. The van der Waals surface area contributed by atoms with Crippen LogP contribution in [0.4, 0.5) is 5.69 Å². The fraction of sp³-hybridized carbons (Fsp3) is 0.222. The number of hydrazone groups is 1. The number of hydrogen-bond donors (Lipinski definition) is 1. The normalized spacial score (nSPS) is 16.4. The van der Waals surface area contributed by atoms with Gasteiger partial charge in [0.15, 0.2) is 0 Å². The van der Waals surface area contributed by atoms with Crippen LogP contribution in [0.15, 0.2) is 53.6 Å². The van der Waals surface area contributed by atoms with Gasteiger partial charge in [0.05, 0.1) is 5.69 Å². The molecule has 2 aromatic rings. The highest BCUT2D eigenvalue weighted by Crippen LogP contribution is 2.19. The van der Waals surface area contributed by atoms with Crippen molar-refractivity contribution in [3.63, 3.8) is 0 Å². The molecule has 3 heteroatoms. The standard InChI is InChI=1S/C18H18N2O/c1-13-6-4-9-15(12-13)19-20-17-11-5-8-14-7-2-3-10-16(14)18(17)21/h2-4,6-7,9-10,12,19H,5,8,11H2,1H3/b20-17+. The van der Waals surface area contributed by atoms with Crippen molar-refractivity contribution < 1.29 is 4.79 Å². The molecule has 0 saturated carbocycles. The molecular weight excluding hydrogens is 260 g/mol. The predicted octanol–water partition coefficient (Wildman–Crippen LogP) is 3.98. The molecule has 0 unspecified atom stereocenters. The Hall–Kier alpha value is -2.42. The van der Waals surface area contributed by atoms with Crippen LogP contribution in [0.5, 0.6) is 0 Å². The number of aryl methyl sites for hydroxylation is 2. The van der Waals surface area contributed by atoms with Crippen LogP contribution >= 0.6 is 0 Å². The van der Waals surface area contributed by atoms with Crippen LogP contribution in [0.25, 0.3) is 0 Å². The summed E-state index contributed by atoms with van der Waals surface area (Å²) in [7, 11) is 0. The molecule has 0 radical (unpaired) electrons. The first kappa shape index (κ1) is 13.6. The molecule has 1 aliphatic carbocycles. The van der Waals surface area contributed by atoms with Crippen LogP contribution in [-0.2, 0) is 6.42 Å². The molecule has 3 nitrogen and oxygen atoms in total. The van der Waals surface area contributed by atoms with Gasteiger partial charge in [-0.25, -0.2) is 0 Å². The van der Waals surface area contributed by atoms with Gasteiger partial charge in [0.2, 0.25) is 5.78 Å². The molecule has 0 heterocycles. The topological polar surface area (TPSA) is 41.5 Å². The molecule has 0 saturated heterocycles. The molecule has 0 amide bonds. The predicted molar refractivity (Wildman–Crippen MR) is 85.9 cm³/mol. The van der Waals surface area contributed by atoms with Crippen molar-refractivity contribution in [2.24, 2.45) is 5.10 Å². The fourth-order valence-corrected chi connectivity index (χ4v) is 2.63. The van der Waals surface area contributed by atoms with E-state index in [1.54, 1.807) is 0 Å². The monoisotopic (exact) mass is 278 g/mol. The molecular formula is C18H18N2O. The van der Waals surface area contributed by atoms with E-state index in [1.807, 2.05) is 55.5 Å². The number of rotatable bonds is 2. The van der Waals surface area contributed by atoms with E-state index < -0.39 is 0 Å². The highest BCUT2D eigenvalue weighted by molar-refractivity contribution is 6.46. The van der Waals surface area contributed by atoms with E-state index in [0.29, 0.717) is 12.1 Å². The van der Waals surface area contributed by atoms with Gasteiger partial charge >= 0.3 is 0 Å². The average Bonchev–Trinajstić information content (AvgIpc) is 2.65. The minimum absolute atomic E-state index is 0.0447. The lowest BCUT2D eigenvalue weighted by Gasteiger charge is -2.06. The maximum Gasteiger partial charge on any atom is 0.209 e. The number of hydrogen-bond acceptors (Lipinski definition) is 3. The lowest BCUT2D eigenvalue weighted by atomic mass is 10.0. The number of nitrogens with zero attached hydrogens (tertiary/aromatic N) is 1. The van der Waals surface area contributed by atoms with Crippen molar-refractivity contribution in [1.29, 1.82) is 0 Å². The van der Waals surface area contributed by atoms with Crippen LogP contribution in [0.3, 0.4) is 0 Å². The summed E-state index contributed by atoms with van der Waals surface area (Å²) in [6.45, 7) is 2.03. The largest absolute Gasteiger partial charge is 0.287 e. The summed E-state index contributed by atoms with van der Waals surface area (Å²) in [5.41, 5.74) is 7.62. The van der Waals surface area contributed by atoms with Crippen molar-refractivity contribution in [2.45, 2.75) is 26.2 Å². The van der Waals surface area contributed by atoms with Crippen molar-refractivity contribution in [1.82, 2.24) is 0 Å². The molecule has 2 aromatic carbocycles. The Labute approximate surface area is 124 Å². The van der Waals surface area contributed by atoms with Gasteiger partial charge in [-0.3, -0.25) is 10.2 Å². The van der Waals surface area contributed by atoms with Gasteiger partial charge < -0.3 is 0 Å². The van der Waals surface area contributed by atoms with Crippen molar-refractivity contribution in [2.75, 3.05) is 5.43 Å². The number of fused-ring (bicyclic) bond motifs is 1. The van der Waals surface area contributed by atoms with Crippen LogP contribution in [0, 0.1) is 6.92 Å². The van der Waals surface area contributed by atoms with Crippen LogP contribution in [0.1, 0.15) is 34.3 Å². The molecule has 0 spiro atoms. The molecule has 0 bridgehead atoms. The van der Waals surface area contributed by atoms with Crippen LogP contribution in [-0.4, -0.2) is 11.5 Å². The van der Waals surface area contributed by atoms with Crippen molar-refractivity contribution in [3.05, 3.63) is 65.2 Å². The molecule has 0 aliphatic heterocycles. The van der Waals surface area contributed by atoms with Crippen LogP contribution in [0.2, 0.25) is 0 Å². The SMILES string of the molecule is Cc1cccc(N/N=C2\CCCc3ccccc3C2=O)c1. The minimum Gasteiger partial charge on any atom is -0.287 e. The van der Waals surface area contributed by atoms with Crippen LogP contribution < -0.4 is 5.43 Å². The second-order valence-corrected chi connectivity index (χ2v) is 5.38.